The number of aryl methyl sites for hydroxylation is 1. The summed E-state index contributed by atoms with van der Waals surface area (Å²) in [6, 6.07) is 7.68. The summed E-state index contributed by atoms with van der Waals surface area (Å²) in [5, 5.41) is 0. The van der Waals surface area contributed by atoms with Crippen LogP contribution in [0.3, 0.4) is 0 Å². The quantitative estimate of drug-likeness (QED) is 0.614. The first-order chi connectivity index (χ1) is 15.3. The van der Waals surface area contributed by atoms with E-state index in [0.717, 1.165) is 54.5 Å². The number of imidazole rings is 1. The number of aromatic nitrogens is 3. The van der Waals surface area contributed by atoms with Gasteiger partial charge in [-0.15, -0.1) is 0 Å². The van der Waals surface area contributed by atoms with Crippen molar-refractivity contribution >= 4 is 28.6 Å². The zero-order valence-corrected chi connectivity index (χ0v) is 18.8. The van der Waals surface area contributed by atoms with Crippen LogP contribution in [0, 0.1) is 12.3 Å². The summed E-state index contributed by atoms with van der Waals surface area (Å²) >= 11 is 0. The van der Waals surface area contributed by atoms with Gasteiger partial charge >= 0.3 is 6.09 Å². The van der Waals surface area contributed by atoms with Crippen molar-refractivity contribution in [2.24, 2.45) is 5.41 Å². The van der Waals surface area contributed by atoms with Gasteiger partial charge in [-0.1, -0.05) is 6.92 Å². The highest BCUT2D eigenvalue weighted by Crippen LogP contribution is 2.48. The molecule has 1 saturated heterocycles. The van der Waals surface area contributed by atoms with Crippen LogP contribution in [0.1, 0.15) is 38.2 Å². The maximum Gasteiger partial charge on any atom is 0.416 e. The summed E-state index contributed by atoms with van der Waals surface area (Å²) in [7, 11) is 1.59. The molecule has 2 fully saturated rings. The van der Waals surface area contributed by atoms with Gasteiger partial charge in [0, 0.05) is 18.4 Å². The number of pyridine rings is 1. The van der Waals surface area contributed by atoms with Crippen LogP contribution < -0.4 is 15.4 Å². The maximum atomic E-state index is 12.9. The van der Waals surface area contributed by atoms with Gasteiger partial charge in [0.2, 0.25) is 0 Å². The maximum absolute atomic E-state index is 12.9. The monoisotopic (exact) mass is 435 g/mol. The van der Waals surface area contributed by atoms with Crippen LogP contribution in [-0.2, 0) is 11.3 Å². The fraction of sp³-hybridized carbons (Fsp3) is 0.458. The first kappa shape index (κ1) is 20.6. The zero-order valence-electron chi connectivity index (χ0n) is 18.8. The molecule has 3 heterocycles. The van der Waals surface area contributed by atoms with E-state index in [2.05, 4.69) is 21.5 Å². The van der Waals surface area contributed by atoms with Crippen LogP contribution in [0.25, 0.3) is 11.0 Å². The number of nitrogens with two attached hydrogens (primary N) is 1. The zero-order chi connectivity index (χ0) is 22.5. The predicted molar refractivity (Wildman–Crippen MR) is 123 cm³/mol. The van der Waals surface area contributed by atoms with Gasteiger partial charge < -0.3 is 19.8 Å². The Balaban J connectivity index is 1.40. The Hall–Kier alpha value is -3.29. The van der Waals surface area contributed by atoms with Crippen LogP contribution in [0.5, 0.6) is 5.75 Å². The Morgan fingerprint density at radius 1 is 1.25 bits per heavy atom. The molecule has 1 aliphatic heterocycles. The minimum absolute atomic E-state index is 0.0441. The van der Waals surface area contributed by atoms with Crippen molar-refractivity contribution < 1.29 is 14.3 Å². The van der Waals surface area contributed by atoms with E-state index >= 15 is 0 Å². The lowest BCUT2D eigenvalue weighted by molar-refractivity contribution is -0.0264. The lowest BCUT2D eigenvalue weighted by Gasteiger charge is -2.43. The van der Waals surface area contributed by atoms with Crippen LogP contribution >= 0.6 is 0 Å². The standard InChI is InChI=1S/C24H29N5O3/c1-16-9-20(31-3)21(26-11-16)29-14-24(32-22(29)30)8-4-7-23(2,12-24)13-28-15-27-18-6-5-17(25)10-19(18)28/h5-6,9-11,15H,4,7-8,12-14,25H2,1-3H3/t23-,24-/m0/s1. The summed E-state index contributed by atoms with van der Waals surface area (Å²) in [6.45, 7) is 5.49. The molecule has 0 unspecified atom stereocenters. The minimum Gasteiger partial charge on any atom is -0.493 e. The summed E-state index contributed by atoms with van der Waals surface area (Å²) < 4.78 is 13.7. The molecule has 168 valence electrons. The Morgan fingerprint density at radius 3 is 2.91 bits per heavy atom. The average molecular weight is 436 g/mol. The molecule has 0 bridgehead atoms. The van der Waals surface area contributed by atoms with Crippen molar-refractivity contribution in [1.29, 1.82) is 0 Å². The molecule has 1 aliphatic carbocycles. The predicted octanol–water partition coefficient (Wildman–Crippen LogP) is 4.31. The summed E-state index contributed by atoms with van der Waals surface area (Å²) in [5.74, 6) is 1.10. The fourth-order valence-electron chi connectivity index (χ4n) is 5.43. The van der Waals surface area contributed by atoms with Crippen molar-refractivity contribution in [2.45, 2.75) is 51.7 Å². The van der Waals surface area contributed by atoms with Gasteiger partial charge in [-0.3, -0.25) is 4.90 Å². The number of benzene rings is 1. The topological polar surface area (TPSA) is 95.5 Å². The van der Waals surface area contributed by atoms with Gasteiger partial charge in [-0.2, -0.15) is 0 Å². The van der Waals surface area contributed by atoms with Crippen LogP contribution in [0.15, 0.2) is 36.8 Å². The summed E-state index contributed by atoms with van der Waals surface area (Å²) in [6.07, 6.45) is 6.94. The molecule has 2 atom stereocenters. The highest BCUT2D eigenvalue weighted by molar-refractivity contribution is 5.90. The van der Waals surface area contributed by atoms with E-state index < -0.39 is 5.60 Å². The van der Waals surface area contributed by atoms with Gasteiger partial charge in [0.25, 0.3) is 0 Å². The van der Waals surface area contributed by atoms with E-state index in [4.69, 9.17) is 15.2 Å². The highest BCUT2D eigenvalue weighted by Gasteiger charge is 2.52. The third-order valence-corrected chi connectivity index (χ3v) is 6.77. The van der Waals surface area contributed by atoms with Crippen LogP contribution in [0.4, 0.5) is 16.3 Å². The molecule has 0 radical (unpaired) electrons. The van der Waals surface area contributed by atoms with E-state index in [-0.39, 0.29) is 11.5 Å². The second kappa shape index (κ2) is 7.39. The molecular formula is C24H29N5O3. The second-order valence-electron chi connectivity index (χ2n) is 9.64. The number of amides is 1. The molecule has 5 rings (SSSR count). The molecule has 1 amide bonds. The number of carbonyl (C=O) groups is 1. The number of anilines is 2. The van der Waals surface area contributed by atoms with Crippen molar-refractivity contribution in [3.8, 4) is 5.75 Å². The number of nitrogen functional groups attached to an aromatic ring is 1. The van der Waals surface area contributed by atoms with E-state index in [0.29, 0.717) is 18.1 Å². The van der Waals surface area contributed by atoms with Gasteiger partial charge in [0.1, 0.15) is 5.60 Å². The minimum atomic E-state index is -0.531. The van der Waals surface area contributed by atoms with Crippen LogP contribution in [0.2, 0.25) is 0 Å². The molecule has 8 heteroatoms. The Labute approximate surface area is 187 Å². The van der Waals surface area contributed by atoms with Crippen molar-refractivity contribution in [2.75, 3.05) is 24.3 Å². The van der Waals surface area contributed by atoms with Crippen molar-refractivity contribution in [3.63, 3.8) is 0 Å². The second-order valence-corrected chi connectivity index (χ2v) is 9.64. The molecule has 1 saturated carbocycles. The number of hydrogen-bond donors (Lipinski definition) is 1. The van der Waals surface area contributed by atoms with Gasteiger partial charge in [-0.05, 0) is 67.9 Å². The SMILES string of the molecule is COc1cc(C)cnc1N1C[C@@]2(CCC[C@](C)(Cn3cnc4ccc(N)cc43)C2)OC1=O. The van der Waals surface area contributed by atoms with Crippen molar-refractivity contribution in [3.05, 3.63) is 42.4 Å². The molecule has 1 spiro atoms. The smallest absolute Gasteiger partial charge is 0.416 e. The Bertz CT molecular complexity index is 1190. The average Bonchev–Trinajstić information content (AvgIpc) is 3.27. The number of carbonyl (C=O) groups excluding carboxylic acids is 1. The van der Waals surface area contributed by atoms with Crippen molar-refractivity contribution in [1.82, 2.24) is 14.5 Å². The number of ether oxygens (including phenoxy) is 2. The number of nitrogens with zero attached hydrogens (tertiary/aromatic N) is 4. The van der Waals surface area contributed by atoms with Gasteiger partial charge in [-0.25, -0.2) is 14.8 Å². The fourth-order valence-corrected chi connectivity index (χ4v) is 5.43. The summed E-state index contributed by atoms with van der Waals surface area (Å²) in [4.78, 5) is 23.5. The van der Waals surface area contributed by atoms with E-state index in [1.54, 1.807) is 18.2 Å². The first-order valence-electron chi connectivity index (χ1n) is 11.0. The molecule has 3 aromatic rings. The molecule has 32 heavy (non-hydrogen) atoms. The first-order valence-corrected chi connectivity index (χ1v) is 11.0. The Kier molecular flexibility index (Phi) is 4.76. The number of rotatable bonds is 4. The highest BCUT2D eigenvalue weighted by atomic mass is 16.6. The largest absolute Gasteiger partial charge is 0.493 e. The van der Waals surface area contributed by atoms with Crippen LogP contribution in [-0.4, -0.2) is 39.9 Å². The molecule has 2 aromatic heterocycles. The molecule has 2 aliphatic rings. The third kappa shape index (κ3) is 3.53. The molecule has 1 aromatic carbocycles. The van der Waals surface area contributed by atoms with E-state index in [1.807, 2.05) is 37.5 Å². The number of fused-ring (bicyclic) bond motifs is 1. The number of methoxy groups -OCH3 is 1. The molecule has 2 N–H and O–H groups in total. The summed E-state index contributed by atoms with van der Waals surface area (Å²) in [5.41, 5.74) is 9.11. The lowest BCUT2D eigenvalue weighted by atomic mass is 9.68. The lowest BCUT2D eigenvalue weighted by Crippen LogP contribution is -2.45. The van der Waals surface area contributed by atoms with E-state index in [1.165, 1.54) is 0 Å². The Morgan fingerprint density at radius 2 is 2.09 bits per heavy atom. The van der Waals surface area contributed by atoms with E-state index in [9.17, 15) is 4.79 Å². The molecular weight excluding hydrogens is 406 g/mol. The third-order valence-electron chi connectivity index (χ3n) is 6.77. The number of hydrogen-bond acceptors (Lipinski definition) is 6. The van der Waals surface area contributed by atoms with Gasteiger partial charge in [0.05, 0.1) is 31.0 Å². The normalized spacial score (nSPS) is 25.5. The van der Waals surface area contributed by atoms with Gasteiger partial charge in [0.15, 0.2) is 11.6 Å². The molecule has 8 nitrogen and oxygen atoms in total.